The van der Waals surface area contributed by atoms with Gasteiger partial charge < -0.3 is 0 Å². The fourth-order valence-corrected chi connectivity index (χ4v) is 3.94. The van der Waals surface area contributed by atoms with Crippen molar-refractivity contribution in [1.82, 2.24) is 0 Å². The first-order chi connectivity index (χ1) is 8.49. The van der Waals surface area contributed by atoms with Crippen LogP contribution in [0.4, 0.5) is 0 Å². The van der Waals surface area contributed by atoms with Crippen molar-refractivity contribution in [3.63, 3.8) is 0 Å². The molecule has 5 heteroatoms. The van der Waals surface area contributed by atoms with Gasteiger partial charge in [-0.05, 0) is 70.1 Å². The van der Waals surface area contributed by atoms with Crippen LogP contribution in [0.5, 0.6) is 0 Å². The van der Waals surface area contributed by atoms with Crippen molar-refractivity contribution in [1.29, 1.82) is 0 Å². The molecule has 0 aromatic heterocycles. The zero-order valence-corrected chi connectivity index (χ0v) is 15.8. The highest BCUT2D eigenvalue weighted by molar-refractivity contribution is 14.1. The first kappa shape index (κ1) is 15.1. The van der Waals surface area contributed by atoms with Crippen LogP contribution < -0.4 is 0 Å². The Hall–Kier alpha value is 0.710. The molecule has 0 N–H and O–H groups in total. The van der Waals surface area contributed by atoms with Crippen LogP contribution in [0.1, 0.15) is 16.5 Å². The molecule has 0 amide bonds. The minimum atomic E-state index is -0.234. The summed E-state index contributed by atoms with van der Waals surface area (Å²) >= 11 is 21.9. The summed E-state index contributed by atoms with van der Waals surface area (Å²) < 4.78 is 3.09. The lowest BCUT2D eigenvalue weighted by atomic mass is 10.0. The first-order valence-electron chi connectivity index (χ1n) is 5.03. The molecule has 0 saturated heterocycles. The second-order valence-corrected chi connectivity index (χ2v) is 7.50. The highest BCUT2D eigenvalue weighted by atomic mass is 127. The van der Waals surface area contributed by atoms with E-state index in [2.05, 4.69) is 54.5 Å². The minimum Gasteiger partial charge on any atom is -0.113 e. The van der Waals surface area contributed by atoms with E-state index in [1.807, 2.05) is 36.4 Å². The van der Waals surface area contributed by atoms with Crippen LogP contribution in [0.2, 0.25) is 5.02 Å². The molecule has 0 heterocycles. The van der Waals surface area contributed by atoms with E-state index in [0.29, 0.717) is 5.02 Å². The lowest BCUT2D eigenvalue weighted by Gasteiger charge is -2.15. The summed E-state index contributed by atoms with van der Waals surface area (Å²) in [6, 6.07) is 11.7. The molecular formula is C13H7Br2Cl2I. The van der Waals surface area contributed by atoms with Gasteiger partial charge in [0.2, 0.25) is 0 Å². The summed E-state index contributed by atoms with van der Waals surface area (Å²) in [7, 11) is 0. The Kier molecular flexibility index (Phi) is 5.40. The standard InChI is InChI=1S/C13H7Br2Cl2I/c14-7-1-3-11(15)9(5-7)13(17)10-6-8(16)2-4-12(10)18/h1-6,13H. The Balaban J connectivity index is 2.50. The zero-order valence-electron chi connectivity index (χ0n) is 8.93. The van der Waals surface area contributed by atoms with Crippen LogP contribution in [-0.2, 0) is 0 Å². The molecule has 0 spiro atoms. The smallest absolute Gasteiger partial charge is 0.0857 e. The summed E-state index contributed by atoms with van der Waals surface area (Å²) in [5.74, 6) is 0. The topological polar surface area (TPSA) is 0 Å². The molecule has 0 aliphatic heterocycles. The molecule has 0 fully saturated rings. The van der Waals surface area contributed by atoms with Gasteiger partial charge >= 0.3 is 0 Å². The maximum Gasteiger partial charge on any atom is 0.0857 e. The molecule has 0 aliphatic carbocycles. The first-order valence-corrected chi connectivity index (χ1v) is 8.51. The summed E-state index contributed by atoms with van der Waals surface area (Å²) in [6.07, 6.45) is 0. The molecule has 2 aromatic carbocycles. The Morgan fingerprint density at radius 3 is 2.44 bits per heavy atom. The van der Waals surface area contributed by atoms with E-state index in [0.717, 1.165) is 23.6 Å². The minimum absolute atomic E-state index is 0.234. The molecule has 0 bridgehead atoms. The predicted molar refractivity (Wildman–Crippen MR) is 93.7 cm³/mol. The monoisotopic (exact) mass is 518 g/mol. The Labute approximate surface area is 146 Å². The van der Waals surface area contributed by atoms with Crippen LogP contribution in [0, 0.1) is 3.57 Å². The molecular weight excluding hydrogens is 514 g/mol. The van der Waals surface area contributed by atoms with Crippen molar-refractivity contribution in [3.05, 3.63) is 65.1 Å². The van der Waals surface area contributed by atoms with E-state index in [9.17, 15) is 0 Å². The van der Waals surface area contributed by atoms with Crippen LogP contribution in [0.3, 0.4) is 0 Å². The molecule has 0 saturated carbocycles. The average molecular weight is 521 g/mol. The molecule has 0 nitrogen and oxygen atoms in total. The van der Waals surface area contributed by atoms with Crippen LogP contribution in [-0.4, -0.2) is 0 Å². The second-order valence-electron chi connectivity index (χ2n) is 3.69. The lowest BCUT2D eigenvalue weighted by Crippen LogP contribution is -1.97. The predicted octanol–water partition coefficient (Wildman–Crippen LogP) is 6.80. The summed E-state index contributed by atoms with van der Waals surface area (Å²) in [5, 5.41) is 0.463. The Bertz CT molecular complexity index is 536. The van der Waals surface area contributed by atoms with E-state index in [1.54, 1.807) is 0 Å². The number of halogens is 5. The second kappa shape index (κ2) is 6.44. The van der Waals surface area contributed by atoms with Crippen molar-refractivity contribution in [2.75, 3.05) is 0 Å². The van der Waals surface area contributed by atoms with Crippen molar-refractivity contribution < 1.29 is 0 Å². The van der Waals surface area contributed by atoms with Crippen molar-refractivity contribution in [3.8, 4) is 0 Å². The third-order valence-electron chi connectivity index (χ3n) is 2.46. The summed E-state index contributed by atoms with van der Waals surface area (Å²) in [4.78, 5) is 0. The molecule has 1 atom stereocenters. The van der Waals surface area contributed by atoms with Gasteiger partial charge in [-0.25, -0.2) is 0 Å². The largest absolute Gasteiger partial charge is 0.113 e. The molecule has 18 heavy (non-hydrogen) atoms. The molecule has 94 valence electrons. The number of hydrogen-bond acceptors (Lipinski definition) is 0. The van der Waals surface area contributed by atoms with E-state index in [-0.39, 0.29) is 5.38 Å². The quantitative estimate of drug-likeness (QED) is 0.302. The lowest BCUT2D eigenvalue weighted by molar-refractivity contribution is 1.11. The Morgan fingerprint density at radius 2 is 1.72 bits per heavy atom. The van der Waals surface area contributed by atoms with Gasteiger partial charge in [0.15, 0.2) is 0 Å². The SMILES string of the molecule is Clc1ccc(I)c(C(Cl)c2cc(Br)ccc2Br)c1. The van der Waals surface area contributed by atoms with E-state index < -0.39 is 0 Å². The Morgan fingerprint density at radius 1 is 1.00 bits per heavy atom. The van der Waals surface area contributed by atoms with E-state index >= 15 is 0 Å². The van der Waals surface area contributed by atoms with Gasteiger partial charge in [-0.2, -0.15) is 0 Å². The number of alkyl halides is 1. The van der Waals surface area contributed by atoms with Gasteiger partial charge in [0.25, 0.3) is 0 Å². The highest BCUT2D eigenvalue weighted by Gasteiger charge is 2.17. The van der Waals surface area contributed by atoms with Gasteiger partial charge in [-0.3, -0.25) is 0 Å². The zero-order chi connectivity index (χ0) is 13.3. The van der Waals surface area contributed by atoms with E-state index in [1.165, 1.54) is 0 Å². The van der Waals surface area contributed by atoms with Gasteiger partial charge in [0.05, 0.1) is 5.38 Å². The fraction of sp³-hybridized carbons (Fsp3) is 0.0769. The van der Waals surface area contributed by atoms with Crippen molar-refractivity contribution in [2.24, 2.45) is 0 Å². The maximum absolute atomic E-state index is 6.57. The highest BCUT2D eigenvalue weighted by Crippen LogP contribution is 2.38. The van der Waals surface area contributed by atoms with Gasteiger partial charge in [0, 0.05) is 17.5 Å². The maximum atomic E-state index is 6.57. The number of hydrogen-bond donors (Lipinski definition) is 0. The molecule has 1 unspecified atom stereocenters. The van der Waals surface area contributed by atoms with Crippen molar-refractivity contribution >= 4 is 77.7 Å². The van der Waals surface area contributed by atoms with E-state index in [4.69, 9.17) is 23.2 Å². The van der Waals surface area contributed by atoms with Gasteiger partial charge in [-0.15, -0.1) is 11.6 Å². The van der Waals surface area contributed by atoms with Crippen molar-refractivity contribution in [2.45, 2.75) is 5.38 Å². The molecule has 0 radical (unpaired) electrons. The normalized spacial score (nSPS) is 12.5. The number of rotatable bonds is 2. The van der Waals surface area contributed by atoms with Gasteiger partial charge in [-0.1, -0.05) is 43.5 Å². The molecule has 0 aliphatic rings. The van der Waals surface area contributed by atoms with Crippen LogP contribution in [0.25, 0.3) is 0 Å². The van der Waals surface area contributed by atoms with Gasteiger partial charge in [0.1, 0.15) is 0 Å². The summed E-state index contributed by atoms with van der Waals surface area (Å²) in [6.45, 7) is 0. The summed E-state index contributed by atoms with van der Waals surface area (Å²) in [5.41, 5.74) is 2.04. The number of benzene rings is 2. The fourth-order valence-electron chi connectivity index (χ4n) is 1.59. The van der Waals surface area contributed by atoms with Crippen LogP contribution in [0.15, 0.2) is 45.3 Å². The third kappa shape index (κ3) is 3.42. The van der Waals surface area contributed by atoms with Crippen LogP contribution >= 0.6 is 77.7 Å². The third-order valence-corrected chi connectivity index (χ3v) is 5.37. The average Bonchev–Trinajstić information content (AvgIpc) is 2.34. The molecule has 2 rings (SSSR count). The molecule has 2 aromatic rings.